The molecule has 2 rings (SSSR count). The largest absolute Gasteiger partial charge is 0.323 e. The van der Waals surface area contributed by atoms with Gasteiger partial charge in [0, 0.05) is 22.5 Å². The molecule has 22 heavy (non-hydrogen) atoms. The van der Waals surface area contributed by atoms with Crippen molar-refractivity contribution in [1.82, 2.24) is 5.32 Å². The molecule has 2 amide bonds. The average molecular weight is 315 g/mol. The Labute approximate surface area is 133 Å². The molecular formula is C17H15ClN2O2. The summed E-state index contributed by atoms with van der Waals surface area (Å²) >= 11 is 6.00. The lowest BCUT2D eigenvalue weighted by Crippen LogP contribution is -2.23. The number of carbonyl (C=O) groups excluding carboxylic acids is 2. The second kappa shape index (κ2) is 7.43. The molecule has 0 radical (unpaired) electrons. The van der Waals surface area contributed by atoms with Gasteiger partial charge in [0.05, 0.1) is 0 Å². The molecule has 0 fully saturated rings. The van der Waals surface area contributed by atoms with Crippen LogP contribution in [-0.2, 0) is 0 Å². The van der Waals surface area contributed by atoms with E-state index in [-0.39, 0.29) is 11.8 Å². The zero-order valence-electron chi connectivity index (χ0n) is 12.0. The Bertz CT molecular complexity index is 709. The molecule has 2 aromatic carbocycles. The van der Waals surface area contributed by atoms with E-state index in [9.17, 15) is 9.59 Å². The number of halogens is 1. The van der Waals surface area contributed by atoms with Gasteiger partial charge in [-0.2, -0.15) is 0 Å². The summed E-state index contributed by atoms with van der Waals surface area (Å²) in [5.41, 5.74) is 2.02. The van der Waals surface area contributed by atoms with Gasteiger partial charge in [0.15, 0.2) is 5.78 Å². The number of benzene rings is 2. The van der Waals surface area contributed by atoms with E-state index in [1.165, 1.54) is 13.1 Å². The molecule has 0 aliphatic rings. The van der Waals surface area contributed by atoms with Crippen molar-refractivity contribution in [2.24, 2.45) is 0 Å². The number of rotatable bonds is 4. The minimum atomic E-state index is -0.376. The van der Waals surface area contributed by atoms with E-state index in [1.807, 2.05) is 18.2 Å². The minimum Gasteiger partial charge on any atom is -0.314 e. The number of urea groups is 1. The lowest BCUT2D eigenvalue weighted by atomic mass is 10.1. The second-order valence-electron chi connectivity index (χ2n) is 4.59. The number of nitrogens with one attached hydrogen (secondary N) is 2. The molecule has 0 unspecified atom stereocenters. The number of ketones is 1. The minimum absolute atomic E-state index is 0.0151. The molecule has 112 valence electrons. The van der Waals surface area contributed by atoms with Gasteiger partial charge in [0.1, 0.15) is 0 Å². The molecule has 0 spiro atoms. The fourth-order valence-electron chi connectivity index (χ4n) is 1.77. The van der Waals surface area contributed by atoms with Crippen LogP contribution in [0.3, 0.4) is 0 Å². The molecule has 0 heterocycles. The molecule has 0 aliphatic heterocycles. The van der Waals surface area contributed by atoms with Gasteiger partial charge in [-0.3, -0.25) is 4.79 Å². The Kier molecular flexibility index (Phi) is 5.33. The molecule has 4 nitrogen and oxygen atoms in total. The molecule has 2 N–H and O–H groups in total. The number of anilines is 1. The maximum absolute atomic E-state index is 11.7. The van der Waals surface area contributed by atoms with Crippen molar-refractivity contribution in [2.75, 3.05) is 5.32 Å². The zero-order chi connectivity index (χ0) is 15.9. The van der Waals surface area contributed by atoms with Crippen LogP contribution in [0.5, 0.6) is 0 Å². The van der Waals surface area contributed by atoms with E-state index < -0.39 is 0 Å². The molecule has 0 aromatic heterocycles. The number of hydrogen-bond donors (Lipinski definition) is 2. The first-order valence-electron chi connectivity index (χ1n) is 6.66. The maximum atomic E-state index is 11.7. The van der Waals surface area contributed by atoms with Gasteiger partial charge >= 0.3 is 6.03 Å². The fourth-order valence-corrected chi connectivity index (χ4v) is 1.97. The van der Waals surface area contributed by atoms with Crippen LogP contribution in [0.1, 0.15) is 22.8 Å². The highest BCUT2D eigenvalue weighted by molar-refractivity contribution is 6.32. The van der Waals surface area contributed by atoms with E-state index in [0.717, 1.165) is 5.56 Å². The first kappa shape index (κ1) is 15.8. The van der Waals surface area contributed by atoms with Gasteiger partial charge in [-0.1, -0.05) is 29.8 Å². The summed E-state index contributed by atoms with van der Waals surface area (Å²) in [5, 5.41) is 5.86. The van der Waals surface area contributed by atoms with Crippen LogP contribution in [0.4, 0.5) is 10.5 Å². The lowest BCUT2D eigenvalue weighted by Gasteiger charge is -2.05. The van der Waals surface area contributed by atoms with Crippen molar-refractivity contribution in [1.29, 1.82) is 0 Å². The van der Waals surface area contributed by atoms with Crippen molar-refractivity contribution >= 4 is 35.2 Å². The molecule has 0 bridgehead atoms. The first-order valence-corrected chi connectivity index (χ1v) is 7.03. The second-order valence-corrected chi connectivity index (χ2v) is 4.99. The zero-order valence-corrected chi connectivity index (χ0v) is 12.7. The van der Waals surface area contributed by atoms with Gasteiger partial charge in [0.25, 0.3) is 0 Å². The summed E-state index contributed by atoms with van der Waals surface area (Å²) in [5.74, 6) is -0.0151. The SMILES string of the molecule is CC(=O)c1ccc(NC(=O)N/C=C/c2ccccc2Cl)cc1. The lowest BCUT2D eigenvalue weighted by molar-refractivity contribution is 0.101. The number of hydrogen-bond acceptors (Lipinski definition) is 2. The Morgan fingerprint density at radius 3 is 2.36 bits per heavy atom. The van der Waals surface area contributed by atoms with E-state index in [4.69, 9.17) is 11.6 Å². The van der Waals surface area contributed by atoms with Crippen molar-refractivity contribution in [3.63, 3.8) is 0 Å². The summed E-state index contributed by atoms with van der Waals surface area (Å²) in [7, 11) is 0. The monoisotopic (exact) mass is 314 g/mol. The number of carbonyl (C=O) groups is 2. The molecule has 0 saturated heterocycles. The molecule has 0 atom stereocenters. The standard InChI is InChI=1S/C17H15ClN2O2/c1-12(21)13-6-8-15(9-7-13)20-17(22)19-11-10-14-4-2-3-5-16(14)18/h2-11H,1H3,(H2,19,20,22)/b11-10+. The normalized spacial score (nSPS) is 10.5. The predicted molar refractivity (Wildman–Crippen MR) is 89.1 cm³/mol. The molecule has 5 heteroatoms. The number of amides is 2. The van der Waals surface area contributed by atoms with Gasteiger partial charge in [-0.05, 0) is 48.9 Å². The number of Topliss-reactive ketones (excluding diaryl/α,β-unsaturated/α-hetero) is 1. The highest BCUT2D eigenvalue weighted by Gasteiger charge is 2.02. The van der Waals surface area contributed by atoms with Crippen molar-refractivity contribution in [3.05, 3.63) is 70.9 Å². The summed E-state index contributed by atoms with van der Waals surface area (Å²) in [6.45, 7) is 1.49. The predicted octanol–water partition coefficient (Wildman–Crippen LogP) is 4.34. The molecule has 2 aromatic rings. The van der Waals surface area contributed by atoms with Crippen LogP contribution in [0, 0.1) is 0 Å². The van der Waals surface area contributed by atoms with E-state index in [1.54, 1.807) is 36.4 Å². The highest BCUT2D eigenvalue weighted by Crippen LogP contribution is 2.15. The van der Waals surface area contributed by atoms with E-state index in [0.29, 0.717) is 16.3 Å². The summed E-state index contributed by atoms with van der Waals surface area (Å²) in [6.07, 6.45) is 3.22. The third kappa shape index (κ3) is 4.46. The molecular weight excluding hydrogens is 300 g/mol. The Morgan fingerprint density at radius 2 is 1.73 bits per heavy atom. The van der Waals surface area contributed by atoms with Crippen LogP contribution in [0.25, 0.3) is 6.08 Å². The fraction of sp³-hybridized carbons (Fsp3) is 0.0588. The Hall–Kier alpha value is -2.59. The Balaban J connectivity index is 1.90. The van der Waals surface area contributed by atoms with Crippen LogP contribution >= 0.6 is 11.6 Å². The highest BCUT2D eigenvalue weighted by atomic mass is 35.5. The van der Waals surface area contributed by atoms with Crippen LogP contribution in [0.15, 0.2) is 54.7 Å². The van der Waals surface area contributed by atoms with Gasteiger partial charge in [-0.15, -0.1) is 0 Å². The topological polar surface area (TPSA) is 58.2 Å². The van der Waals surface area contributed by atoms with Crippen LogP contribution < -0.4 is 10.6 Å². The summed E-state index contributed by atoms with van der Waals surface area (Å²) < 4.78 is 0. The van der Waals surface area contributed by atoms with Gasteiger partial charge in [-0.25, -0.2) is 4.79 Å². The van der Waals surface area contributed by atoms with Crippen LogP contribution in [-0.4, -0.2) is 11.8 Å². The average Bonchev–Trinajstić information content (AvgIpc) is 2.50. The quantitative estimate of drug-likeness (QED) is 0.825. The van der Waals surface area contributed by atoms with Crippen molar-refractivity contribution < 1.29 is 9.59 Å². The van der Waals surface area contributed by atoms with Crippen molar-refractivity contribution in [2.45, 2.75) is 6.92 Å². The maximum Gasteiger partial charge on any atom is 0.323 e. The Morgan fingerprint density at radius 1 is 1.05 bits per heavy atom. The van der Waals surface area contributed by atoms with E-state index in [2.05, 4.69) is 10.6 Å². The molecule has 0 aliphatic carbocycles. The third-order valence-corrected chi connectivity index (χ3v) is 3.28. The van der Waals surface area contributed by atoms with Crippen molar-refractivity contribution in [3.8, 4) is 0 Å². The first-order chi connectivity index (χ1) is 10.6. The summed E-state index contributed by atoms with van der Waals surface area (Å²) in [4.78, 5) is 22.9. The van der Waals surface area contributed by atoms with E-state index >= 15 is 0 Å². The summed E-state index contributed by atoms with van der Waals surface area (Å²) in [6, 6.07) is 13.6. The van der Waals surface area contributed by atoms with Gasteiger partial charge < -0.3 is 10.6 Å². The smallest absolute Gasteiger partial charge is 0.314 e. The van der Waals surface area contributed by atoms with Gasteiger partial charge in [0.2, 0.25) is 0 Å². The molecule has 0 saturated carbocycles. The van der Waals surface area contributed by atoms with Crippen LogP contribution in [0.2, 0.25) is 5.02 Å². The third-order valence-electron chi connectivity index (χ3n) is 2.93.